The van der Waals surface area contributed by atoms with Crippen LogP contribution in [0.4, 0.5) is 4.39 Å². The van der Waals surface area contributed by atoms with Gasteiger partial charge in [-0.2, -0.15) is 0 Å². The number of H-pyrrole nitrogens is 1. The van der Waals surface area contributed by atoms with Gasteiger partial charge in [-0.3, -0.25) is 14.4 Å². The number of amides is 1. The average molecular weight is 342 g/mol. The molecule has 1 aromatic heterocycles. The van der Waals surface area contributed by atoms with Gasteiger partial charge in [0.15, 0.2) is 5.78 Å². The molecule has 1 atom stereocenters. The maximum Gasteiger partial charge on any atom is 0.255 e. The smallest absolute Gasteiger partial charge is 0.255 e. The number of carbonyl (C=O) groups is 2. The molecule has 1 aromatic carbocycles. The van der Waals surface area contributed by atoms with E-state index in [2.05, 4.69) is 4.98 Å². The Hall–Kier alpha value is -2.76. The predicted octanol–water partition coefficient (Wildman–Crippen LogP) is 2.56. The maximum atomic E-state index is 13.0. The van der Waals surface area contributed by atoms with Gasteiger partial charge in [0.2, 0.25) is 5.56 Å². The number of likely N-dealkylation sites (tertiary alicyclic amines) is 1. The largest absolute Gasteiger partial charge is 0.338 e. The Labute approximate surface area is 144 Å². The summed E-state index contributed by atoms with van der Waals surface area (Å²) in [6.45, 7) is 2.62. The predicted molar refractivity (Wildman–Crippen MR) is 91.2 cm³/mol. The molecule has 0 radical (unpaired) electrons. The second-order valence-corrected chi connectivity index (χ2v) is 6.36. The molecule has 1 N–H and O–H groups in total. The number of nitrogens with one attached hydrogen (secondary N) is 1. The van der Waals surface area contributed by atoms with Crippen LogP contribution in [0.15, 0.2) is 41.3 Å². The lowest BCUT2D eigenvalue weighted by Gasteiger charge is -2.32. The van der Waals surface area contributed by atoms with Crippen molar-refractivity contribution in [3.63, 3.8) is 0 Å². The molecule has 3 rings (SSSR count). The fraction of sp³-hybridized carbons (Fsp3) is 0.316. The zero-order chi connectivity index (χ0) is 18.0. The fourth-order valence-corrected chi connectivity index (χ4v) is 3.20. The number of benzene rings is 1. The highest BCUT2D eigenvalue weighted by Crippen LogP contribution is 2.23. The number of carbonyl (C=O) groups excluding carboxylic acids is 2. The van der Waals surface area contributed by atoms with Crippen molar-refractivity contribution in [3.8, 4) is 0 Å². The lowest BCUT2D eigenvalue weighted by molar-refractivity contribution is 0.0636. The molecule has 1 amide bonds. The van der Waals surface area contributed by atoms with E-state index in [1.165, 1.54) is 36.5 Å². The number of hydrogen-bond donors (Lipinski definition) is 1. The first kappa shape index (κ1) is 17.1. The third-order valence-electron chi connectivity index (χ3n) is 4.57. The van der Waals surface area contributed by atoms with E-state index in [1.54, 1.807) is 11.8 Å². The number of aromatic amines is 1. The summed E-state index contributed by atoms with van der Waals surface area (Å²) in [6.07, 6.45) is 2.85. The zero-order valence-corrected chi connectivity index (χ0v) is 13.9. The van der Waals surface area contributed by atoms with Crippen molar-refractivity contribution in [2.24, 2.45) is 5.92 Å². The number of pyridine rings is 1. The number of nitrogens with zero attached hydrogens (tertiary/aromatic N) is 1. The highest BCUT2D eigenvalue weighted by Gasteiger charge is 2.30. The van der Waals surface area contributed by atoms with Crippen LogP contribution in [0.25, 0.3) is 0 Å². The van der Waals surface area contributed by atoms with E-state index in [0.717, 1.165) is 6.42 Å². The number of ketones is 1. The lowest BCUT2D eigenvalue weighted by Crippen LogP contribution is -2.42. The van der Waals surface area contributed by atoms with Crippen molar-refractivity contribution >= 4 is 11.7 Å². The quantitative estimate of drug-likeness (QED) is 0.872. The number of aromatic nitrogens is 1. The van der Waals surface area contributed by atoms with Gasteiger partial charge in [0.25, 0.3) is 5.91 Å². The molecular weight excluding hydrogens is 323 g/mol. The molecule has 1 aliphatic heterocycles. The van der Waals surface area contributed by atoms with Crippen molar-refractivity contribution in [1.82, 2.24) is 9.88 Å². The first-order valence-electron chi connectivity index (χ1n) is 8.24. The van der Waals surface area contributed by atoms with Crippen molar-refractivity contribution in [3.05, 3.63) is 69.4 Å². The SMILES string of the molecule is Cc1cc(=O)[nH]cc1C(=O)N1CCC[C@H](C(=O)c2ccc(F)cc2)C1. The molecule has 25 heavy (non-hydrogen) atoms. The topological polar surface area (TPSA) is 70.2 Å². The summed E-state index contributed by atoms with van der Waals surface area (Å²) in [5.74, 6) is -0.946. The molecule has 2 heterocycles. The molecule has 0 bridgehead atoms. The van der Waals surface area contributed by atoms with Gasteiger partial charge in [0.05, 0.1) is 5.56 Å². The number of aryl methyl sites for hydroxylation is 1. The summed E-state index contributed by atoms with van der Waals surface area (Å²) in [5, 5.41) is 0. The van der Waals surface area contributed by atoms with Gasteiger partial charge in [0.1, 0.15) is 5.82 Å². The van der Waals surface area contributed by atoms with Crippen LogP contribution < -0.4 is 5.56 Å². The summed E-state index contributed by atoms with van der Waals surface area (Å²) in [5.41, 5.74) is 1.26. The summed E-state index contributed by atoms with van der Waals surface area (Å²) in [7, 11) is 0. The molecule has 6 heteroatoms. The number of rotatable bonds is 3. The van der Waals surface area contributed by atoms with E-state index >= 15 is 0 Å². The van der Waals surface area contributed by atoms with Gasteiger partial charge in [-0.05, 0) is 49.6 Å². The van der Waals surface area contributed by atoms with Crippen molar-refractivity contribution in [2.45, 2.75) is 19.8 Å². The molecular formula is C19H19FN2O3. The van der Waals surface area contributed by atoms with E-state index < -0.39 is 0 Å². The van der Waals surface area contributed by atoms with Crippen molar-refractivity contribution in [1.29, 1.82) is 0 Å². The number of hydrogen-bond acceptors (Lipinski definition) is 3. The van der Waals surface area contributed by atoms with Crippen LogP contribution >= 0.6 is 0 Å². The third-order valence-corrected chi connectivity index (χ3v) is 4.57. The Morgan fingerprint density at radius 2 is 1.96 bits per heavy atom. The van der Waals surface area contributed by atoms with Crippen LogP contribution in [-0.4, -0.2) is 34.7 Å². The molecule has 1 saturated heterocycles. The summed E-state index contributed by atoms with van der Waals surface area (Å²) in [4.78, 5) is 40.8. The maximum absolute atomic E-state index is 13.0. The van der Waals surface area contributed by atoms with Crippen LogP contribution in [0.1, 0.15) is 39.1 Å². The second kappa shape index (κ2) is 7.01. The van der Waals surface area contributed by atoms with Crippen LogP contribution in [0.5, 0.6) is 0 Å². The summed E-state index contributed by atoms with van der Waals surface area (Å²) < 4.78 is 13.0. The Kier molecular flexibility index (Phi) is 4.79. The van der Waals surface area contributed by atoms with Gasteiger partial charge in [-0.15, -0.1) is 0 Å². The molecule has 1 aliphatic rings. The van der Waals surface area contributed by atoms with E-state index in [9.17, 15) is 18.8 Å². The molecule has 2 aromatic rings. The molecule has 1 fully saturated rings. The Bertz CT molecular complexity index is 858. The van der Waals surface area contributed by atoms with E-state index in [4.69, 9.17) is 0 Å². The van der Waals surface area contributed by atoms with Gasteiger partial charge < -0.3 is 9.88 Å². The fourth-order valence-electron chi connectivity index (χ4n) is 3.20. The number of piperidine rings is 1. The molecule has 130 valence electrons. The molecule has 0 unspecified atom stereocenters. The normalized spacial score (nSPS) is 17.4. The first-order valence-corrected chi connectivity index (χ1v) is 8.24. The van der Waals surface area contributed by atoms with Gasteiger partial charge in [0, 0.05) is 36.8 Å². The van der Waals surface area contributed by atoms with E-state index in [-0.39, 0.29) is 29.0 Å². The Morgan fingerprint density at radius 3 is 2.64 bits per heavy atom. The van der Waals surface area contributed by atoms with E-state index in [1.807, 2.05) is 0 Å². The Morgan fingerprint density at radius 1 is 1.24 bits per heavy atom. The first-order chi connectivity index (χ1) is 12.0. The molecule has 0 aliphatic carbocycles. The van der Waals surface area contributed by atoms with E-state index in [0.29, 0.717) is 36.2 Å². The third kappa shape index (κ3) is 3.68. The molecule has 5 nitrogen and oxygen atoms in total. The minimum atomic E-state index is -0.384. The highest BCUT2D eigenvalue weighted by atomic mass is 19.1. The lowest BCUT2D eigenvalue weighted by atomic mass is 9.89. The van der Waals surface area contributed by atoms with Crippen LogP contribution in [0.2, 0.25) is 0 Å². The zero-order valence-electron chi connectivity index (χ0n) is 13.9. The minimum Gasteiger partial charge on any atom is -0.338 e. The summed E-state index contributed by atoms with van der Waals surface area (Å²) >= 11 is 0. The van der Waals surface area contributed by atoms with Crippen LogP contribution in [0.3, 0.4) is 0 Å². The van der Waals surface area contributed by atoms with Gasteiger partial charge in [-0.25, -0.2) is 4.39 Å². The Balaban J connectivity index is 1.76. The highest BCUT2D eigenvalue weighted by molar-refractivity contribution is 5.99. The van der Waals surface area contributed by atoms with Gasteiger partial charge in [-0.1, -0.05) is 0 Å². The average Bonchev–Trinajstić information content (AvgIpc) is 2.61. The van der Waals surface area contributed by atoms with Crippen LogP contribution in [0, 0.1) is 18.7 Å². The summed E-state index contributed by atoms with van der Waals surface area (Å²) in [6, 6.07) is 6.87. The standard InChI is InChI=1S/C19H19FN2O3/c1-12-9-17(23)21-10-16(12)19(25)22-8-2-3-14(11-22)18(24)13-4-6-15(20)7-5-13/h4-7,9-10,14H,2-3,8,11H2,1H3,(H,21,23)/t14-/m0/s1. The van der Waals surface area contributed by atoms with Crippen molar-refractivity contribution < 1.29 is 14.0 Å². The number of halogens is 1. The van der Waals surface area contributed by atoms with Gasteiger partial charge >= 0.3 is 0 Å². The molecule has 0 saturated carbocycles. The second-order valence-electron chi connectivity index (χ2n) is 6.36. The minimum absolute atomic E-state index is 0.0734. The van der Waals surface area contributed by atoms with Crippen LogP contribution in [-0.2, 0) is 0 Å². The van der Waals surface area contributed by atoms with Crippen molar-refractivity contribution in [2.75, 3.05) is 13.1 Å². The monoisotopic (exact) mass is 342 g/mol. The number of Topliss-reactive ketones (excluding diaryl/α,β-unsaturated/α-hetero) is 1. The molecule has 0 spiro atoms.